The van der Waals surface area contributed by atoms with Crippen molar-refractivity contribution in [3.8, 4) is 5.75 Å². The number of aryl methyl sites for hydroxylation is 1. The molecule has 0 aliphatic carbocycles. The van der Waals surface area contributed by atoms with Crippen LogP contribution in [-0.2, 0) is 6.54 Å². The number of furan rings is 1. The van der Waals surface area contributed by atoms with Gasteiger partial charge < -0.3 is 19.4 Å². The van der Waals surface area contributed by atoms with Gasteiger partial charge in [0.05, 0.1) is 13.4 Å². The molecular formula is C13H18N4O2. The fourth-order valence-electron chi connectivity index (χ4n) is 1.91. The second-order valence-electron chi connectivity index (χ2n) is 4.19. The molecule has 0 amide bonds. The van der Waals surface area contributed by atoms with Crippen molar-refractivity contribution in [1.82, 2.24) is 9.97 Å². The van der Waals surface area contributed by atoms with Gasteiger partial charge in [-0.3, -0.25) is 0 Å². The number of anilines is 2. The molecule has 0 aliphatic rings. The molecular weight excluding hydrogens is 244 g/mol. The monoisotopic (exact) mass is 262 g/mol. The molecule has 19 heavy (non-hydrogen) atoms. The minimum absolute atomic E-state index is 0.633. The topological polar surface area (TPSA) is 63.4 Å². The summed E-state index contributed by atoms with van der Waals surface area (Å²) >= 11 is 0. The number of hydrogen-bond acceptors (Lipinski definition) is 6. The van der Waals surface area contributed by atoms with Crippen LogP contribution in [0.15, 0.2) is 23.1 Å². The molecule has 0 unspecified atom stereocenters. The van der Waals surface area contributed by atoms with Crippen LogP contribution in [0.2, 0.25) is 0 Å². The lowest BCUT2D eigenvalue weighted by Crippen LogP contribution is -2.19. The molecule has 2 heterocycles. The summed E-state index contributed by atoms with van der Waals surface area (Å²) in [6, 6.07) is 1.96. The van der Waals surface area contributed by atoms with Gasteiger partial charge in [-0.25, -0.2) is 9.97 Å². The standard InChI is InChI=1S/C13H18N4O2/c1-9-10(5-6-19-9)7-17(3)13-11(18-4)12(14-2)15-8-16-13/h5-6,8H,7H2,1-4H3,(H,14,15,16). The zero-order valence-electron chi connectivity index (χ0n) is 11.6. The highest BCUT2D eigenvalue weighted by molar-refractivity contribution is 5.64. The first-order chi connectivity index (χ1) is 9.17. The second kappa shape index (κ2) is 5.60. The Morgan fingerprint density at radius 3 is 2.79 bits per heavy atom. The zero-order chi connectivity index (χ0) is 13.8. The van der Waals surface area contributed by atoms with Crippen LogP contribution in [0, 0.1) is 6.92 Å². The molecule has 0 bridgehead atoms. The molecule has 0 saturated carbocycles. The SMILES string of the molecule is CNc1ncnc(N(C)Cc2ccoc2C)c1OC. The van der Waals surface area contributed by atoms with Crippen LogP contribution in [0.4, 0.5) is 11.6 Å². The van der Waals surface area contributed by atoms with Gasteiger partial charge in [0.25, 0.3) is 0 Å². The van der Waals surface area contributed by atoms with Gasteiger partial charge in [-0.15, -0.1) is 0 Å². The quantitative estimate of drug-likeness (QED) is 0.890. The third-order valence-electron chi connectivity index (χ3n) is 2.96. The molecule has 0 spiro atoms. The van der Waals surface area contributed by atoms with E-state index in [-0.39, 0.29) is 0 Å². The van der Waals surface area contributed by atoms with Crippen molar-refractivity contribution in [2.45, 2.75) is 13.5 Å². The van der Waals surface area contributed by atoms with Crippen LogP contribution in [0.1, 0.15) is 11.3 Å². The van der Waals surface area contributed by atoms with Crippen molar-refractivity contribution in [1.29, 1.82) is 0 Å². The minimum atomic E-state index is 0.633. The molecule has 0 radical (unpaired) electrons. The van der Waals surface area contributed by atoms with Gasteiger partial charge in [0.15, 0.2) is 11.6 Å². The fraction of sp³-hybridized carbons (Fsp3) is 0.385. The van der Waals surface area contributed by atoms with E-state index in [1.165, 1.54) is 6.33 Å². The molecule has 2 aromatic rings. The Morgan fingerprint density at radius 1 is 1.42 bits per heavy atom. The second-order valence-corrected chi connectivity index (χ2v) is 4.19. The van der Waals surface area contributed by atoms with Gasteiger partial charge in [0, 0.05) is 26.2 Å². The van der Waals surface area contributed by atoms with E-state index in [1.807, 2.05) is 24.9 Å². The van der Waals surface area contributed by atoms with Crippen LogP contribution >= 0.6 is 0 Å². The zero-order valence-corrected chi connectivity index (χ0v) is 11.6. The van der Waals surface area contributed by atoms with E-state index >= 15 is 0 Å². The Bertz CT molecular complexity index is 553. The van der Waals surface area contributed by atoms with E-state index in [0.29, 0.717) is 18.1 Å². The average molecular weight is 262 g/mol. The molecule has 102 valence electrons. The van der Waals surface area contributed by atoms with Crippen molar-refractivity contribution in [3.05, 3.63) is 30.0 Å². The summed E-state index contributed by atoms with van der Waals surface area (Å²) in [7, 11) is 5.37. The lowest BCUT2D eigenvalue weighted by molar-refractivity contribution is 0.413. The first kappa shape index (κ1) is 13.2. The van der Waals surface area contributed by atoms with E-state index in [4.69, 9.17) is 9.15 Å². The molecule has 0 atom stereocenters. The maximum atomic E-state index is 5.39. The highest BCUT2D eigenvalue weighted by atomic mass is 16.5. The van der Waals surface area contributed by atoms with Crippen LogP contribution < -0.4 is 15.0 Å². The van der Waals surface area contributed by atoms with Gasteiger partial charge in [0.2, 0.25) is 5.75 Å². The van der Waals surface area contributed by atoms with Gasteiger partial charge in [-0.05, 0) is 13.0 Å². The maximum Gasteiger partial charge on any atom is 0.204 e. The summed E-state index contributed by atoms with van der Waals surface area (Å²) < 4.78 is 10.7. The number of nitrogens with one attached hydrogen (secondary N) is 1. The van der Waals surface area contributed by atoms with Gasteiger partial charge in [-0.1, -0.05) is 0 Å². The summed E-state index contributed by atoms with van der Waals surface area (Å²) in [4.78, 5) is 10.4. The van der Waals surface area contributed by atoms with E-state index in [0.717, 1.165) is 17.1 Å². The molecule has 0 aliphatic heterocycles. The Morgan fingerprint density at radius 2 is 2.21 bits per heavy atom. The van der Waals surface area contributed by atoms with Crippen LogP contribution in [0.5, 0.6) is 5.75 Å². The average Bonchev–Trinajstić information content (AvgIpc) is 2.83. The Labute approximate surface area is 112 Å². The number of aromatic nitrogens is 2. The van der Waals surface area contributed by atoms with Crippen molar-refractivity contribution < 1.29 is 9.15 Å². The van der Waals surface area contributed by atoms with Crippen LogP contribution in [0.3, 0.4) is 0 Å². The van der Waals surface area contributed by atoms with Crippen LogP contribution in [-0.4, -0.2) is 31.2 Å². The third kappa shape index (κ3) is 2.62. The first-order valence-electron chi connectivity index (χ1n) is 5.98. The van der Waals surface area contributed by atoms with Crippen molar-refractivity contribution in [2.75, 3.05) is 31.4 Å². The lowest BCUT2D eigenvalue weighted by atomic mass is 10.2. The highest BCUT2D eigenvalue weighted by Gasteiger charge is 2.16. The highest BCUT2D eigenvalue weighted by Crippen LogP contribution is 2.31. The van der Waals surface area contributed by atoms with Crippen molar-refractivity contribution in [2.24, 2.45) is 0 Å². The summed E-state index contributed by atoms with van der Waals surface area (Å²) in [5, 5.41) is 2.99. The van der Waals surface area contributed by atoms with E-state index in [2.05, 4.69) is 15.3 Å². The van der Waals surface area contributed by atoms with Crippen LogP contribution in [0.25, 0.3) is 0 Å². The van der Waals surface area contributed by atoms with E-state index in [1.54, 1.807) is 20.4 Å². The molecule has 0 saturated heterocycles. The van der Waals surface area contributed by atoms with E-state index < -0.39 is 0 Å². The van der Waals surface area contributed by atoms with E-state index in [9.17, 15) is 0 Å². The molecule has 6 heteroatoms. The molecule has 0 fully saturated rings. The molecule has 1 N–H and O–H groups in total. The number of ether oxygens (including phenoxy) is 1. The predicted octanol–water partition coefficient (Wildman–Crippen LogP) is 2.06. The third-order valence-corrected chi connectivity index (χ3v) is 2.96. The number of rotatable bonds is 5. The largest absolute Gasteiger partial charge is 0.490 e. The molecule has 6 nitrogen and oxygen atoms in total. The molecule has 2 rings (SSSR count). The van der Waals surface area contributed by atoms with Gasteiger partial charge in [0.1, 0.15) is 12.1 Å². The summed E-state index contributed by atoms with van der Waals surface area (Å²) in [6.45, 7) is 2.64. The minimum Gasteiger partial charge on any atom is -0.490 e. The normalized spacial score (nSPS) is 10.3. The molecule has 2 aromatic heterocycles. The smallest absolute Gasteiger partial charge is 0.204 e. The van der Waals surface area contributed by atoms with Crippen molar-refractivity contribution in [3.63, 3.8) is 0 Å². The predicted molar refractivity (Wildman–Crippen MR) is 73.7 cm³/mol. The van der Waals surface area contributed by atoms with Gasteiger partial charge in [-0.2, -0.15) is 0 Å². The maximum absolute atomic E-state index is 5.39. The molecule has 0 aromatic carbocycles. The van der Waals surface area contributed by atoms with Gasteiger partial charge >= 0.3 is 0 Å². The number of methoxy groups -OCH3 is 1. The Kier molecular flexibility index (Phi) is 3.89. The Hall–Kier alpha value is -2.24. The number of nitrogens with zero attached hydrogens (tertiary/aromatic N) is 3. The summed E-state index contributed by atoms with van der Waals surface area (Å²) in [6.07, 6.45) is 3.21. The Balaban J connectivity index is 2.28. The summed E-state index contributed by atoms with van der Waals surface area (Å²) in [5.41, 5.74) is 1.12. The number of hydrogen-bond donors (Lipinski definition) is 1. The fourth-order valence-corrected chi connectivity index (χ4v) is 1.91. The lowest BCUT2D eigenvalue weighted by Gasteiger charge is -2.21. The first-order valence-corrected chi connectivity index (χ1v) is 5.98. The summed E-state index contributed by atoms with van der Waals surface area (Å²) in [5.74, 6) is 2.95. The van der Waals surface area contributed by atoms with Crippen molar-refractivity contribution >= 4 is 11.6 Å².